The number of nitrogens with zero attached hydrogens (tertiary/aromatic N) is 2. The molecule has 2 heterocycles. The van der Waals surface area contributed by atoms with Crippen LogP contribution >= 0.6 is 7.26 Å². The quantitative estimate of drug-likeness (QED) is 0.335. The van der Waals surface area contributed by atoms with Gasteiger partial charge in [0.25, 0.3) is 5.91 Å². The fraction of sp³-hybridized carbons (Fsp3) is 0.242. The van der Waals surface area contributed by atoms with Crippen molar-refractivity contribution in [1.29, 1.82) is 0 Å². The van der Waals surface area contributed by atoms with Gasteiger partial charge in [-0.1, -0.05) is 84.9 Å². The summed E-state index contributed by atoms with van der Waals surface area (Å²) in [7, 11) is -2.21. The molecule has 2 fully saturated rings. The molecule has 0 aromatic heterocycles. The Kier molecular flexibility index (Phi) is 6.91. The van der Waals surface area contributed by atoms with E-state index in [0.717, 1.165) is 39.0 Å². The van der Waals surface area contributed by atoms with Gasteiger partial charge in [-0.2, -0.15) is 0 Å². The van der Waals surface area contributed by atoms with Crippen molar-refractivity contribution in [3.05, 3.63) is 127 Å². The number of hydrogen-bond donors (Lipinski definition) is 0. The number of likely N-dealkylation sites (tertiary alicyclic amines) is 2. The van der Waals surface area contributed by atoms with Gasteiger partial charge in [0.05, 0.1) is 0 Å². The van der Waals surface area contributed by atoms with E-state index in [1.54, 1.807) is 0 Å². The summed E-state index contributed by atoms with van der Waals surface area (Å²) >= 11 is 0. The molecule has 0 bridgehead atoms. The molecular weight excluding hydrogens is 471 g/mol. The second kappa shape index (κ2) is 10.6. The lowest BCUT2D eigenvalue weighted by molar-refractivity contribution is -0.129. The van der Waals surface area contributed by atoms with Crippen LogP contribution in [0.2, 0.25) is 0 Å². The Morgan fingerprint density at radius 3 is 1.62 bits per heavy atom. The first-order valence-electron chi connectivity index (χ1n) is 13.4. The molecule has 0 aliphatic carbocycles. The maximum absolute atomic E-state index is 14.5. The monoisotopic (exact) mass is 505 g/mol. The predicted molar refractivity (Wildman–Crippen MR) is 155 cm³/mol. The van der Waals surface area contributed by atoms with Crippen LogP contribution in [0.3, 0.4) is 0 Å². The van der Waals surface area contributed by atoms with E-state index in [-0.39, 0.29) is 5.66 Å². The van der Waals surface area contributed by atoms with Crippen LogP contribution in [0, 0.1) is 0 Å². The standard InChI is InChI=1S/C33H34N2OP/c36-33-32(22-24-35(33)28-21-23-34(26-28)25-27-13-5-1-6-14-27)37(29-15-7-2-8-16-29,30-17-9-3-10-18-30)31-19-11-4-12-20-31/h1-20,28,32H,21-26H2/q+1/t28-,32?/m1/s1. The Bertz CT molecular complexity index is 1220. The van der Waals surface area contributed by atoms with Crippen molar-refractivity contribution in [3.63, 3.8) is 0 Å². The van der Waals surface area contributed by atoms with Gasteiger partial charge in [0.15, 0.2) is 5.66 Å². The molecule has 0 saturated carbocycles. The maximum atomic E-state index is 14.5. The highest BCUT2D eigenvalue weighted by molar-refractivity contribution is 7.96. The number of rotatable bonds is 7. The molecule has 186 valence electrons. The third kappa shape index (κ3) is 4.52. The number of carbonyl (C=O) groups is 1. The Morgan fingerprint density at radius 2 is 1.11 bits per heavy atom. The maximum Gasteiger partial charge on any atom is 0.264 e. The molecule has 37 heavy (non-hydrogen) atoms. The topological polar surface area (TPSA) is 23.6 Å². The van der Waals surface area contributed by atoms with Crippen LogP contribution in [-0.2, 0) is 11.3 Å². The van der Waals surface area contributed by atoms with E-state index in [1.165, 1.54) is 21.5 Å². The third-order valence-corrected chi connectivity index (χ3v) is 12.9. The lowest BCUT2D eigenvalue weighted by Gasteiger charge is -2.32. The summed E-state index contributed by atoms with van der Waals surface area (Å²) in [6, 6.07) is 43.5. The molecule has 3 nitrogen and oxygen atoms in total. The summed E-state index contributed by atoms with van der Waals surface area (Å²) in [5.74, 6) is 0.344. The van der Waals surface area contributed by atoms with E-state index in [2.05, 4.69) is 131 Å². The molecule has 4 aromatic carbocycles. The molecule has 0 N–H and O–H groups in total. The highest BCUT2D eigenvalue weighted by Gasteiger charge is 2.59. The summed E-state index contributed by atoms with van der Waals surface area (Å²) in [4.78, 5) is 19.2. The van der Waals surface area contributed by atoms with Crippen LogP contribution in [0.15, 0.2) is 121 Å². The summed E-state index contributed by atoms with van der Waals surface area (Å²) < 4.78 is 0. The smallest absolute Gasteiger partial charge is 0.264 e. The summed E-state index contributed by atoms with van der Waals surface area (Å²) in [5, 5.41) is 3.89. The van der Waals surface area contributed by atoms with Gasteiger partial charge in [0, 0.05) is 38.6 Å². The Balaban J connectivity index is 1.35. The number of carbonyl (C=O) groups excluding carboxylic acids is 1. The second-order valence-electron chi connectivity index (χ2n) is 10.2. The zero-order valence-corrected chi connectivity index (χ0v) is 22.1. The molecule has 2 aliphatic rings. The molecular formula is C33H34N2OP+. The van der Waals surface area contributed by atoms with E-state index in [4.69, 9.17) is 0 Å². The molecule has 2 aliphatic heterocycles. The van der Waals surface area contributed by atoms with Gasteiger partial charge in [0.2, 0.25) is 0 Å². The average Bonchev–Trinajstić information content (AvgIpc) is 3.58. The van der Waals surface area contributed by atoms with Gasteiger partial charge < -0.3 is 4.90 Å². The minimum absolute atomic E-state index is 0.0390. The average molecular weight is 506 g/mol. The first kappa shape index (κ1) is 24.1. The Labute approximate surface area is 221 Å². The molecule has 0 radical (unpaired) electrons. The van der Waals surface area contributed by atoms with E-state index in [1.807, 2.05) is 0 Å². The zero-order chi connectivity index (χ0) is 25.1. The van der Waals surface area contributed by atoms with Crippen molar-refractivity contribution >= 4 is 29.1 Å². The van der Waals surface area contributed by atoms with Gasteiger partial charge in [-0.25, -0.2) is 0 Å². The Morgan fingerprint density at radius 1 is 0.622 bits per heavy atom. The van der Waals surface area contributed by atoms with Crippen molar-refractivity contribution in [1.82, 2.24) is 9.80 Å². The van der Waals surface area contributed by atoms with Gasteiger partial charge in [-0.15, -0.1) is 0 Å². The molecule has 4 aromatic rings. The van der Waals surface area contributed by atoms with E-state index >= 15 is 0 Å². The highest BCUT2D eigenvalue weighted by atomic mass is 31.2. The Hall–Kier alpha value is -3.26. The van der Waals surface area contributed by atoms with E-state index in [0.29, 0.717) is 11.9 Å². The van der Waals surface area contributed by atoms with Gasteiger partial charge in [-0.05, 0) is 48.4 Å². The van der Waals surface area contributed by atoms with Gasteiger partial charge >= 0.3 is 0 Å². The lowest BCUT2D eigenvalue weighted by Crippen LogP contribution is -2.45. The van der Waals surface area contributed by atoms with Crippen LogP contribution in [0.25, 0.3) is 0 Å². The summed E-state index contributed by atoms with van der Waals surface area (Å²) in [6.07, 6.45) is 1.96. The molecule has 2 saturated heterocycles. The zero-order valence-electron chi connectivity index (χ0n) is 21.2. The van der Waals surface area contributed by atoms with Crippen LogP contribution < -0.4 is 15.9 Å². The van der Waals surface area contributed by atoms with Crippen molar-refractivity contribution in [2.75, 3.05) is 19.6 Å². The normalized spacial score (nSPS) is 20.4. The summed E-state index contributed by atoms with van der Waals surface area (Å²) in [5.41, 5.74) is 1.30. The first-order valence-corrected chi connectivity index (χ1v) is 15.2. The van der Waals surface area contributed by atoms with E-state index < -0.39 is 7.26 Å². The van der Waals surface area contributed by atoms with Crippen molar-refractivity contribution in [3.8, 4) is 0 Å². The van der Waals surface area contributed by atoms with Crippen molar-refractivity contribution in [2.24, 2.45) is 0 Å². The highest BCUT2D eigenvalue weighted by Crippen LogP contribution is 2.62. The number of hydrogen-bond acceptors (Lipinski definition) is 2. The minimum atomic E-state index is -2.21. The fourth-order valence-corrected chi connectivity index (χ4v) is 11.3. The van der Waals surface area contributed by atoms with Gasteiger partial charge in [-0.3, -0.25) is 9.69 Å². The largest absolute Gasteiger partial charge is 0.335 e. The van der Waals surface area contributed by atoms with Crippen molar-refractivity contribution in [2.45, 2.75) is 31.1 Å². The molecule has 0 spiro atoms. The second-order valence-corrected chi connectivity index (χ2v) is 13.8. The lowest BCUT2D eigenvalue weighted by atomic mass is 10.2. The molecule has 4 heteroatoms. The van der Waals surface area contributed by atoms with Crippen LogP contribution in [0.5, 0.6) is 0 Å². The summed E-state index contributed by atoms with van der Waals surface area (Å²) in [6.45, 7) is 3.81. The van der Waals surface area contributed by atoms with Gasteiger partial charge in [0.1, 0.15) is 23.2 Å². The van der Waals surface area contributed by atoms with Crippen LogP contribution in [0.4, 0.5) is 0 Å². The molecule has 6 rings (SSSR count). The fourth-order valence-electron chi connectivity index (χ4n) is 6.44. The molecule has 1 unspecified atom stereocenters. The molecule has 2 atom stereocenters. The number of benzene rings is 4. The minimum Gasteiger partial charge on any atom is -0.335 e. The van der Waals surface area contributed by atoms with Crippen molar-refractivity contribution < 1.29 is 4.79 Å². The third-order valence-electron chi connectivity index (χ3n) is 8.11. The predicted octanol–water partition coefficient (Wildman–Crippen LogP) is 4.86. The van der Waals surface area contributed by atoms with Crippen LogP contribution in [0.1, 0.15) is 18.4 Å². The SMILES string of the molecule is O=C1C([P+](c2ccccc2)(c2ccccc2)c2ccccc2)CCN1[C@@H]1CCN(Cc2ccccc2)C1. The molecule has 1 amide bonds. The van der Waals surface area contributed by atoms with E-state index in [9.17, 15) is 4.79 Å². The van der Waals surface area contributed by atoms with Crippen LogP contribution in [-0.4, -0.2) is 47.0 Å². The first-order chi connectivity index (χ1) is 18.3. The number of amides is 1.